The van der Waals surface area contributed by atoms with Gasteiger partial charge in [-0.15, -0.1) is 0 Å². The van der Waals surface area contributed by atoms with Gasteiger partial charge < -0.3 is 18.9 Å². The molecular weight excluding hydrogens is 416 g/mol. The predicted molar refractivity (Wildman–Crippen MR) is 112 cm³/mol. The SMILES string of the molecule is CCOC(=O)OC1=C2C(=O)c3ccccc3C(OC(=O)OCC)=C2C(=O)c2ccccc21. The van der Waals surface area contributed by atoms with E-state index in [0.29, 0.717) is 0 Å². The zero-order chi connectivity index (χ0) is 22.8. The Morgan fingerprint density at radius 3 is 1.31 bits per heavy atom. The summed E-state index contributed by atoms with van der Waals surface area (Å²) in [7, 11) is 0. The summed E-state index contributed by atoms with van der Waals surface area (Å²) >= 11 is 0. The molecule has 0 aromatic heterocycles. The van der Waals surface area contributed by atoms with Crippen molar-refractivity contribution in [3.05, 3.63) is 81.9 Å². The second-order valence-corrected chi connectivity index (χ2v) is 6.73. The van der Waals surface area contributed by atoms with Crippen LogP contribution >= 0.6 is 0 Å². The van der Waals surface area contributed by atoms with Crippen LogP contribution in [0.25, 0.3) is 11.5 Å². The zero-order valence-electron chi connectivity index (χ0n) is 17.3. The van der Waals surface area contributed by atoms with E-state index in [1.54, 1.807) is 50.2 Å². The monoisotopic (exact) mass is 434 g/mol. The third-order valence-corrected chi connectivity index (χ3v) is 4.89. The molecule has 0 bridgehead atoms. The molecule has 162 valence electrons. The number of ketones is 2. The van der Waals surface area contributed by atoms with E-state index in [1.165, 1.54) is 12.1 Å². The maximum absolute atomic E-state index is 13.5. The van der Waals surface area contributed by atoms with Crippen LogP contribution < -0.4 is 0 Å². The van der Waals surface area contributed by atoms with E-state index in [2.05, 4.69) is 0 Å². The third-order valence-electron chi connectivity index (χ3n) is 4.89. The van der Waals surface area contributed by atoms with Crippen molar-refractivity contribution in [1.29, 1.82) is 0 Å². The van der Waals surface area contributed by atoms with Gasteiger partial charge in [0.2, 0.25) is 0 Å². The maximum atomic E-state index is 13.5. The molecule has 0 heterocycles. The highest BCUT2D eigenvalue weighted by Gasteiger charge is 2.43. The largest absolute Gasteiger partial charge is 0.513 e. The number of ether oxygens (including phenoxy) is 4. The molecule has 0 atom stereocenters. The number of carbonyl (C=O) groups excluding carboxylic acids is 4. The number of allylic oxidation sites excluding steroid dienone is 2. The average Bonchev–Trinajstić information content (AvgIpc) is 2.79. The van der Waals surface area contributed by atoms with Crippen molar-refractivity contribution in [2.24, 2.45) is 0 Å². The van der Waals surface area contributed by atoms with Crippen molar-refractivity contribution < 1.29 is 38.1 Å². The molecule has 0 radical (unpaired) electrons. The highest BCUT2D eigenvalue weighted by atomic mass is 16.7. The van der Waals surface area contributed by atoms with Crippen LogP contribution in [-0.2, 0) is 18.9 Å². The fourth-order valence-corrected chi connectivity index (χ4v) is 3.63. The fourth-order valence-electron chi connectivity index (χ4n) is 3.63. The molecule has 32 heavy (non-hydrogen) atoms. The van der Waals surface area contributed by atoms with Gasteiger partial charge >= 0.3 is 12.3 Å². The number of benzene rings is 2. The molecule has 8 heteroatoms. The van der Waals surface area contributed by atoms with Gasteiger partial charge in [0, 0.05) is 22.3 Å². The Kier molecular flexibility index (Phi) is 5.59. The first-order valence-corrected chi connectivity index (χ1v) is 9.94. The van der Waals surface area contributed by atoms with E-state index in [9.17, 15) is 19.2 Å². The van der Waals surface area contributed by atoms with Crippen LogP contribution in [0, 0.1) is 0 Å². The summed E-state index contributed by atoms with van der Waals surface area (Å²) < 4.78 is 20.6. The van der Waals surface area contributed by atoms with E-state index >= 15 is 0 Å². The molecule has 2 aliphatic carbocycles. The van der Waals surface area contributed by atoms with Crippen LogP contribution in [0.3, 0.4) is 0 Å². The summed E-state index contributed by atoms with van der Waals surface area (Å²) in [6, 6.07) is 12.7. The van der Waals surface area contributed by atoms with E-state index < -0.39 is 23.9 Å². The van der Waals surface area contributed by atoms with Crippen molar-refractivity contribution in [3.63, 3.8) is 0 Å². The number of Topliss-reactive ketones (excluding diaryl/α,β-unsaturated/α-hetero) is 2. The topological polar surface area (TPSA) is 105 Å². The van der Waals surface area contributed by atoms with E-state index in [-0.39, 0.29) is 58.1 Å². The van der Waals surface area contributed by atoms with Crippen LogP contribution in [0.4, 0.5) is 9.59 Å². The summed E-state index contributed by atoms with van der Waals surface area (Å²) in [5, 5.41) is 0. The van der Waals surface area contributed by atoms with Gasteiger partial charge in [-0.2, -0.15) is 0 Å². The predicted octanol–water partition coefficient (Wildman–Crippen LogP) is 4.55. The minimum absolute atomic E-state index is 0.0543. The molecule has 0 saturated heterocycles. The van der Waals surface area contributed by atoms with Crippen molar-refractivity contribution >= 4 is 35.4 Å². The summed E-state index contributed by atoms with van der Waals surface area (Å²) in [5.41, 5.74) is 0.518. The molecule has 2 aromatic rings. The van der Waals surface area contributed by atoms with Gasteiger partial charge in [0.1, 0.15) is 0 Å². The lowest BCUT2D eigenvalue weighted by molar-refractivity contribution is 0.0889. The van der Waals surface area contributed by atoms with E-state index in [0.717, 1.165) is 0 Å². The fraction of sp³-hybridized carbons (Fsp3) is 0.167. The van der Waals surface area contributed by atoms with Gasteiger partial charge in [-0.25, -0.2) is 9.59 Å². The Labute approximate surface area is 183 Å². The molecule has 0 unspecified atom stereocenters. The molecule has 0 saturated carbocycles. The van der Waals surface area contributed by atoms with Crippen molar-refractivity contribution in [2.45, 2.75) is 13.8 Å². The summed E-state index contributed by atoms with van der Waals surface area (Å²) in [6.07, 6.45) is -2.06. The van der Waals surface area contributed by atoms with Gasteiger partial charge in [0.05, 0.1) is 24.4 Å². The van der Waals surface area contributed by atoms with Crippen molar-refractivity contribution in [2.75, 3.05) is 13.2 Å². The Balaban J connectivity index is 2.03. The van der Waals surface area contributed by atoms with Gasteiger partial charge in [0.15, 0.2) is 23.1 Å². The van der Waals surface area contributed by atoms with Crippen LogP contribution in [0.1, 0.15) is 45.7 Å². The van der Waals surface area contributed by atoms with E-state index in [4.69, 9.17) is 18.9 Å². The highest BCUT2D eigenvalue weighted by Crippen LogP contribution is 2.44. The minimum Gasteiger partial charge on any atom is -0.434 e. The number of rotatable bonds is 4. The van der Waals surface area contributed by atoms with Crippen molar-refractivity contribution in [1.82, 2.24) is 0 Å². The Morgan fingerprint density at radius 1 is 0.625 bits per heavy atom. The molecular formula is C24H18O8. The second kappa shape index (κ2) is 8.50. The average molecular weight is 434 g/mol. The smallest absolute Gasteiger partial charge is 0.434 e. The lowest BCUT2D eigenvalue weighted by atomic mass is 9.76. The third kappa shape index (κ3) is 3.45. The second-order valence-electron chi connectivity index (χ2n) is 6.73. The minimum atomic E-state index is -1.03. The Bertz CT molecular complexity index is 1120. The van der Waals surface area contributed by atoms with Crippen LogP contribution in [-0.4, -0.2) is 37.1 Å². The first-order valence-electron chi connectivity index (χ1n) is 9.94. The van der Waals surface area contributed by atoms with E-state index in [1.807, 2.05) is 0 Å². The molecule has 0 N–H and O–H groups in total. The lowest BCUT2D eigenvalue weighted by Gasteiger charge is -2.28. The van der Waals surface area contributed by atoms with Gasteiger partial charge in [-0.1, -0.05) is 48.5 Å². The Morgan fingerprint density at radius 2 is 0.969 bits per heavy atom. The van der Waals surface area contributed by atoms with Gasteiger partial charge in [-0.05, 0) is 13.8 Å². The molecule has 2 aromatic carbocycles. The molecule has 0 aliphatic heterocycles. The van der Waals surface area contributed by atoms with Gasteiger partial charge in [0.25, 0.3) is 0 Å². The Hall–Kier alpha value is -4.20. The zero-order valence-corrected chi connectivity index (χ0v) is 17.3. The molecule has 8 nitrogen and oxygen atoms in total. The van der Waals surface area contributed by atoms with Crippen LogP contribution in [0.2, 0.25) is 0 Å². The van der Waals surface area contributed by atoms with Crippen LogP contribution in [0.5, 0.6) is 0 Å². The normalized spacial score (nSPS) is 14.3. The number of fused-ring (bicyclic) bond motifs is 3. The summed E-state index contributed by atoms with van der Waals surface area (Å²) in [4.78, 5) is 51.3. The first-order chi connectivity index (χ1) is 15.5. The lowest BCUT2D eigenvalue weighted by Crippen LogP contribution is -2.29. The summed E-state index contributed by atoms with van der Waals surface area (Å²) in [5.74, 6) is -1.38. The molecule has 4 rings (SSSR count). The van der Waals surface area contributed by atoms with Crippen LogP contribution in [0.15, 0.2) is 59.7 Å². The highest BCUT2D eigenvalue weighted by molar-refractivity contribution is 6.34. The molecule has 2 aliphatic rings. The molecule has 0 spiro atoms. The quantitative estimate of drug-likeness (QED) is 0.646. The van der Waals surface area contributed by atoms with Gasteiger partial charge in [-0.3, -0.25) is 9.59 Å². The standard InChI is InChI=1S/C24H18O8/c1-3-29-23(27)31-21-15-11-7-5-9-13(15)20(26)18-17(21)19(25)14-10-6-8-12-16(14)22(18)32-24(28)30-4-2/h5-12H,3-4H2,1-2H3. The number of carbonyl (C=O) groups is 4. The number of hydrogen-bond donors (Lipinski definition) is 0. The summed E-state index contributed by atoms with van der Waals surface area (Å²) in [6.45, 7) is 3.32. The molecule has 0 amide bonds. The number of hydrogen-bond acceptors (Lipinski definition) is 8. The maximum Gasteiger partial charge on any atom is 0.513 e. The van der Waals surface area contributed by atoms with Crippen molar-refractivity contribution in [3.8, 4) is 0 Å². The first kappa shape index (κ1) is 21.0. The molecule has 0 fully saturated rings.